The van der Waals surface area contributed by atoms with Crippen molar-refractivity contribution in [3.63, 3.8) is 0 Å². The highest BCUT2D eigenvalue weighted by Gasteiger charge is 2.35. The Balaban J connectivity index is 1.66. The zero-order chi connectivity index (χ0) is 21.9. The largest absolute Gasteiger partial charge is 0.419 e. The summed E-state index contributed by atoms with van der Waals surface area (Å²) in [5, 5.41) is 3.19. The Morgan fingerprint density at radius 3 is 2.37 bits per heavy atom. The smallest absolute Gasteiger partial charge is 0.337 e. The highest BCUT2D eigenvalue weighted by Crippen LogP contribution is 2.32. The van der Waals surface area contributed by atoms with Crippen LogP contribution in [0.1, 0.15) is 22.3 Å². The van der Waals surface area contributed by atoms with Crippen LogP contribution in [0.4, 0.5) is 28.0 Å². The van der Waals surface area contributed by atoms with Crippen molar-refractivity contribution in [1.82, 2.24) is 9.80 Å². The summed E-state index contributed by atoms with van der Waals surface area (Å²) < 4.78 is 52.2. The van der Waals surface area contributed by atoms with Crippen LogP contribution in [-0.4, -0.2) is 47.9 Å². The van der Waals surface area contributed by atoms with E-state index >= 15 is 0 Å². The van der Waals surface area contributed by atoms with Gasteiger partial charge in [0.1, 0.15) is 5.82 Å². The third kappa shape index (κ3) is 5.21. The standard InChI is InChI=1S/C20H18ClF4N3O2/c21-14-3-1-4-15(12-14)26-19(30)28-8-2-7-27(9-10-28)18(29)13-5-6-17(22)16(11-13)20(23,24)25/h1,3-6,11-12H,2,7-10H2,(H,26,30). The maximum atomic E-state index is 13.5. The molecule has 1 fully saturated rings. The second-order valence-electron chi connectivity index (χ2n) is 6.77. The number of amides is 3. The number of urea groups is 1. The van der Waals surface area contributed by atoms with Crippen molar-refractivity contribution in [2.45, 2.75) is 12.6 Å². The van der Waals surface area contributed by atoms with E-state index in [0.29, 0.717) is 35.8 Å². The van der Waals surface area contributed by atoms with Gasteiger partial charge in [-0.25, -0.2) is 9.18 Å². The number of nitrogens with one attached hydrogen (secondary N) is 1. The van der Waals surface area contributed by atoms with Gasteiger partial charge in [0, 0.05) is 42.5 Å². The molecule has 1 N–H and O–H groups in total. The molecule has 3 rings (SSSR count). The number of carbonyl (C=O) groups is 2. The lowest BCUT2D eigenvalue weighted by molar-refractivity contribution is -0.140. The van der Waals surface area contributed by atoms with E-state index in [1.54, 1.807) is 24.3 Å². The number of hydrogen-bond donors (Lipinski definition) is 1. The van der Waals surface area contributed by atoms with Gasteiger partial charge >= 0.3 is 12.2 Å². The molecule has 0 radical (unpaired) electrons. The van der Waals surface area contributed by atoms with Gasteiger partial charge in [0.25, 0.3) is 5.91 Å². The monoisotopic (exact) mass is 443 g/mol. The van der Waals surface area contributed by atoms with Gasteiger partial charge in [0.15, 0.2) is 0 Å². The lowest BCUT2D eigenvalue weighted by Crippen LogP contribution is -2.39. The van der Waals surface area contributed by atoms with E-state index in [4.69, 9.17) is 11.6 Å². The SMILES string of the molecule is O=C(Nc1cccc(Cl)c1)N1CCCN(C(=O)c2ccc(F)c(C(F)(F)F)c2)CC1. The van der Waals surface area contributed by atoms with Crippen LogP contribution in [-0.2, 0) is 6.18 Å². The molecule has 1 saturated heterocycles. The molecule has 0 aliphatic carbocycles. The molecule has 5 nitrogen and oxygen atoms in total. The second-order valence-corrected chi connectivity index (χ2v) is 7.20. The van der Waals surface area contributed by atoms with Crippen LogP contribution in [0.2, 0.25) is 5.02 Å². The van der Waals surface area contributed by atoms with E-state index in [-0.39, 0.29) is 31.2 Å². The minimum atomic E-state index is -4.89. The van der Waals surface area contributed by atoms with Gasteiger partial charge in [0.05, 0.1) is 5.56 Å². The maximum Gasteiger partial charge on any atom is 0.419 e. The van der Waals surface area contributed by atoms with E-state index in [2.05, 4.69) is 5.32 Å². The molecule has 0 aromatic heterocycles. The van der Waals surface area contributed by atoms with Crippen molar-refractivity contribution >= 4 is 29.2 Å². The fraction of sp³-hybridized carbons (Fsp3) is 0.300. The number of nitrogens with zero attached hydrogens (tertiary/aromatic N) is 2. The van der Waals surface area contributed by atoms with Gasteiger partial charge in [-0.15, -0.1) is 0 Å². The minimum Gasteiger partial charge on any atom is -0.337 e. The van der Waals surface area contributed by atoms with Crippen LogP contribution in [0.5, 0.6) is 0 Å². The minimum absolute atomic E-state index is 0.139. The van der Waals surface area contributed by atoms with Gasteiger partial charge < -0.3 is 15.1 Å². The third-order valence-corrected chi connectivity index (χ3v) is 4.90. The quantitative estimate of drug-likeness (QED) is 0.673. The highest BCUT2D eigenvalue weighted by molar-refractivity contribution is 6.30. The molecule has 0 spiro atoms. The van der Waals surface area contributed by atoms with Crippen molar-refractivity contribution in [1.29, 1.82) is 0 Å². The first-order valence-corrected chi connectivity index (χ1v) is 9.50. The first-order chi connectivity index (χ1) is 14.1. The van der Waals surface area contributed by atoms with Crippen LogP contribution in [0.15, 0.2) is 42.5 Å². The fourth-order valence-corrected chi connectivity index (χ4v) is 3.34. The number of hydrogen-bond acceptors (Lipinski definition) is 2. The van der Waals surface area contributed by atoms with Crippen LogP contribution < -0.4 is 5.32 Å². The molecule has 30 heavy (non-hydrogen) atoms. The number of alkyl halides is 3. The van der Waals surface area contributed by atoms with Gasteiger partial charge in [0.2, 0.25) is 0 Å². The lowest BCUT2D eigenvalue weighted by atomic mass is 10.1. The van der Waals surface area contributed by atoms with Crippen molar-refractivity contribution in [2.75, 3.05) is 31.5 Å². The van der Waals surface area contributed by atoms with Crippen molar-refractivity contribution in [3.8, 4) is 0 Å². The zero-order valence-corrected chi connectivity index (χ0v) is 16.4. The predicted octanol–water partition coefficient (Wildman–Crippen LogP) is 4.88. The number of rotatable bonds is 2. The summed E-state index contributed by atoms with van der Waals surface area (Å²) in [6, 6.07) is 8.47. The average Bonchev–Trinajstić information content (AvgIpc) is 2.93. The molecular weight excluding hydrogens is 426 g/mol. The Morgan fingerprint density at radius 2 is 1.67 bits per heavy atom. The van der Waals surface area contributed by atoms with E-state index < -0.39 is 23.5 Å². The summed E-state index contributed by atoms with van der Waals surface area (Å²) in [6.45, 7) is 0.970. The number of benzene rings is 2. The number of anilines is 1. The molecular formula is C20H18ClF4N3O2. The van der Waals surface area contributed by atoms with Gasteiger partial charge in [-0.05, 0) is 42.8 Å². The first kappa shape index (κ1) is 21.9. The maximum absolute atomic E-state index is 13.5. The summed E-state index contributed by atoms with van der Waals surface area (Å²) in [5.41, 5.74) is -1.21. The van der Waals surface area contributed by atoms with Crippen molar-refractivity contribution < 1.29 is 27.2 Å². The molecule has 160 valence electrons. The van der Waals surface area contributed by atoms with Crippen molar-refractivity contribution in [3.05, 3.63) is 64.4 Å². The Hall–Kier alpha value is -2.81. The second kappa shape index (κ2) is 8.91. The molecule has 0 bridgehead atoms. The summed E-state index contributed by atoms with van der Waals surface area (Å²) in [4.78, 5) is 28.0. The highest BCUT2D eigenvalue weighted by atomic mass is 35.5. The molecule has 1 aliphatic rings. The van der Waals surface area contributed by atoms with Gasteiger partial charge in [-0.3, -0.25) is 4.79 Å². The molecule has 1 heterocycles. The zero-order valence-electron chi connectivity index (χ0n) is 15.7. The molecule has 1 aliphatic heterocycles. The van der Waals surface area contributed by atoms with Crippen LogP contribution >= 0.6 is 11.6 Å². The number of halogens is 5. The first-order valence-electron chi connectivity index (χ1n) is 9.12. The summed E-state index contributed by atoms with van der Waals surface area (Å²) in [6.07, 6.45) is -4.45. The van der Waals surface area contributed by atoms with Gasteiger partial charge in [-0.2, -0.15) is 13.2 Å². The third-order valence-electron chi connectivity index (χ3n) is 4.66. The predicted molar refractivity (Wildman–Crippen MR) is 104 cm³/mol. The Morgan fingerprint density at radius 1 is 0.967 bits per heavy atom. The molecule has 0 saturated carbocycles. The van der Waals surface area contributed by atoms with E-state index in [0.717, 1.165) is 6.07 Å². The lowest BCUT2D eigenvalue weighted by Gasteiger charge is -2.23. The average molecular weight is 444 g/mol. The van der Waals surface area contributed by atoms with Crippen LogP contribution in [0.3, 0.4) is 0 Å². The molecule has 2 aromatic carbocycles. The molecule has 10 heteroatoms. The summed E-state index contributed by atoms with van der Waals surface area (Å²) in [7, 11) is 0. The Labute approximate surface area is 175 Å². The Bertz CT molecular complexity index is 952. The van der Waals surface area contributed by atoms with E-state index in [1.807, 2.05) is 0 Å². The van der Waals surface area contributed by atoms with Crippen LogP contribution in [0, 0.1) is 5.82 Å². The Kier molecular flexibility index (Phi) is 6.50. The molecule has 0 atom stereocenters. The fourth-order valence-electron chi connectivity index (χ4n) is 3.15. The summed E-state index contributed by atoms with van der Waals surface area (Å²) in [5.74, 6) is -2.07. The topological polar surface area (TPSA) is 52.7 Å². The number of carbonyl (C=O) groups excluding carboxylic acids is 2. The molecule has 3 amide bonds. The van der Waals surface area contributed by atoms with Crippen LogP contribution in [0.25, 0.3) is 0 Å². The molecule has 0 unspecified atom stereocenters. The van der Waals surface area contributed by atoms with Crippen molar-refractivity contribution in [2.24, 2.45) is 0 Å². The van der Waals surface area contributed by atoms with Gasteiger partial charge in [-0.1, -0.05) is 17.7 Å². The normalized spacial score (nSPS) is 15.0. The van der Waals surface area contributed by atoms with E-state index in [1.165, 1.54) is 9.80 Å². The molecule has 2 aromatic rings. The van der Waals surface area contributed by atoms with E-state index in [9.17, 15) is 27.2 Å². The summed E-state index contributed by atoms with van der Waals surface area (Å²) >= 11 is 5.90.